The van der Waals surface area contributed by atoms with Crippen LogP contribution in [0.1, 0.15) is 25.0 Å². The number of nitrogens with zero attached hydrogens (tertiary/aromatic N) is 1. The zero-order chi connectivity index (χ0) is 11.2. The van der Waals surface area contributed by atoms with Gasteiger partial charge in [-0.2, -0.15) is 0 Å². The molecular weight excluding hydrogens is 202 g/mol. The Morgan fingerprint density at radius 3 is 3.12 bits per heavy atom. The fourth-order valence-corrected chi connectivity index (χ4v) is 2.13. The van der Waals surface area contributed by atoms with Crippen LogP contribution in [0.3, 0.4) is 0 Å². The van der Waals surface area contributed by atoms with Crippen LogP contribution < -0.4 is 11.3 Å². The van der Waals surface area contributed by atoms with E-state index < -0.39 is 0 Å². The molecule has 1 aromatic rings. The lowest BCUT2D eigenvalue weighted by Crippen LogP contribution is -2.39. The summed E-state index contributed by atoms with van der Waals surface area (Å²) in [6, 6.07) is 6.20. The molecule has 0 radical (unpaired) electrons. The highest BCUT2D eigenvalue weighted by molar-refractivity contribution is 5.05. The highest BCUT2D eigenvalue weighted by Crippen LogP contribution is 2.18. The van der Waals surface area contributed by atoms with Crippen LogP contribution in [0.2, 0.25) is 0 Å². The monoisotopic (exact) mass is 221 g/mol. The number of hydrazine groups is 1. The summed E-state index contributed by atoms with van der Waals surface area (Å²) < 4.78 is 5.61. The predicted molar refractivity (Wildman–Crippen MR) is 62.6 cm³/mol. The van der Waals surface area contributed by atoms with Gasteiger partial charge in [-0.05, 0) is 31.4 Å². The Bertz CT molecular complexity index is 298. The molecule has 0 aromatic carbocycles. The van der Waals surface area contributed by atoms with E-state index in [2.05, 4.69) is 10.4 Å². The second-order valence-electron chi connectivity index (χ2n) is 4.26. The molecule has 0 saturated carbocycles. The molecule has 1 saturated heterocycles. The molecule has 1 fully saturated rings. The topological polar surface area (TPSA) is 60.2 Å². The zero-order valence-corrected chi connectivity index (χ0v) is 9.43. The lowest BCUT2D eigenvalue weighted by atomic mass is 10.0. The number of ether oxygens (including phenoxy) is 1. The third kappa shape index (κ3) is 3.27. The summed E-state index contributed by atoms with van der Waals surface area (Å²) in [5, 5.41) is 0. The molecule has 0 spiro atoms. The minimum Gasteiger partial charge on any atom is -0.378 e. The van der Waals surface area contributed by atoms with Gasteiger partial charge in [0, 0.05) is 31.0 Å². The fourth-order valence-electron chi connectivity index (χ4n) is 2.13. The van der Waals surface area contributed by atoms with Gasteiger partial charge in [0.2, 0.25) is 0 Å². The quantitative estimate of drug-likeness (QED) is 0.576. The van der Waals surface area contributed by atoms with E-state index in [4.69, 9.17) is 10.6 Å². The number of hydrogen-bond donors (Lipinski definition) is 2. The lowest BCUT2D eigenvalue weighted by molar-refractivity contribution is 0.0945. The first-order valence-corrected chi connectivity index (χ1v) is 5.86. The van der Waals surface area contributed by atoms with E-state index in [1.807, 2.05) is 24.4 Å². The van der Waals surface area contributed by atoms with E-state index in [0.29, 0.717) is 6.10 Å². The summed E-state index contributed by atoms with van der Waals surface area (Å²) in [5.41, 5.74) is 3.93. The number of rotatable bonds is 5. The molecule has 16 heavy (non-hydrogen) atoms. The Morgan fingerprint density at radius 2 is 2.50 bits per heavy atom. The largest absolute Gasteiger partial charge is 0.378 e. The Kier molecular flexibility index (Phi) is 4.27. The number of aromatic nitrogens is 1. The second kappa shape index (κ2) is 5.94. The average molecular weight is 221 g/mol. The first kappa shape index (κ1) is 11.5. The van der Waals surface area contributed by atoms with E-state index in [1.54, 1.807) is 0 Å². The summed E-state index contributed by atoms with van der Waals surface area (Å²) in [5.74, 6) is 5.57. The molecule has 0 aliphatic carbocycles. The lowest BCUT2D eigenvalue weighted by Gasteiger charge is -2.19. The molecule has 0 bridgehead atoms. The minimum atomic E-state index is 0.248. The number of pyridine rings is 1. The van der Waals surface area contributed by atoms with Crippen LogP contribution in [0, 0.1) is 0 Å². The second-order valence-corrected chi connectivity index (χ2v) is 4.26. The van der Waals surface area contributed by atoms with E-state index in [1.165, 1.54) is 6.42 Å². The zero-order valence-electron chi connectivity index (χ0n) is 9.43. The van der Waals surface area contributed by atoms with Gasteiger partial charge < -0.3 is 4.74 Å². The van der Waals surface area contributed by atoms with E-state index in [0.717, 1.165) is 31.6 Å². The van der Waals surface area contributed by atoms with Crippen molar-refractivity contribution in [3.8, 4) is 0 Å². The normalized spacial score (nSPS) is 22.2. The van der Waals surface area contributed by atoms with Crippen molar-refractivity contribution in [1.29, 1.82) is 0 Å². The smallest absolute Gasteiger partial charge is 0.0591 e. The molecule has 0 amide bonds. The van der Waals surface area contributed by atoms with Crippen LogP contribution in [-0.4, -0.2) is 23.7 Å². The molecular formula is C12H19N3O. The van der Waals surface area contributed by atoms with Gasteiger partial charge in [0.05, 0.1) is 6.10 Å². The van der Waals surface area contributed by atoms with Gasteiger partial charge in [-0.1, -0.05) is 6.07 Å². The predicted octanol–water partition coefficient (Wildman–Crippen LogP) is 1.03. The summed E-state index contributed by atoms with van der Waals surface area (Å²) in [4.78, 5) is 4.30. The van der Waals surface area contributed by atoms with Crippen LogP contribution >= 0.6 is 0 Å². The van der Waals surface area contributed by atoms with Crippen molar-refractivity contribution in [2.45, 2.75) is 37.8 Å². The molecule has 1 aromatic heterocycles. The van der Waals surface area contributed by atoms with Crippen molar-refractivity contribution in [3.05, 3.63) is 30.1 Å². The maximum Gasteiger partial charge on any atom is 0.0591 e. The maximum absolute atomic E-state index is 5.61. The number of nitrogens with one attached hydrogen (secondary N) is 1. The van der Waals surface area contributed by atoms with Crippen LogP contribution in [0.4, 0.5) is 0 Å². The molecule has 2 rings (SSSR count). The van der Waals surface area contributed by atoms with Gasteiger partial charge in [0.25, 0.3) is 0 Å². The first-order valence-electron chi connectivity index (χ1n) is 5.86. The van der Waals surface area contributed by atoms with Gasteiger partial charge >= 0.3 is 0 Å². The van der Waals surface area contributed by atoms with Crippen LogP contribution in [-0.2, 0) is 11.2 Å². The molecule has 4 heteroatoms. The average Bonchev–Trinajstić information content (AvgIpc) is 2.82. The third-order valence-electron chi connectivity index (χ3n) is 2.99. The fraction of sp³-hybridized carbons (Fsp3) is 0.583. The third-order valence-corrected chi connectivity index (χ3v) is 2.99. The van der Waals surface area contributed by atoms with Crippen molar-refractivity contribution < 1.29 is 4.74 Å². The maximum atomic E-state index is 5.61. The van der Waals surface area contributed by atoms with Crippen molar-refractivity contribution in [2.24, 2.45) is 5.84 Å². The Hall–Kier alpha value is -0.970. The van der Waals surface area contributed by atoms with Crippen LogP contribution in [0.15, 0.2) is 24.4 Å². The van der Waals surface area contributed by atoms with Gasteiger partial charge in [-0.3, -0.25) is 16.3 Å². The molecule has 1 aliphatic rings. The standard InChI is InChI=1S/C12H19N3O/c13-15-11(9-12-5-3-7-16-12)8-10-4-1-2-6-14-10/h1-2,4,6,11-12,15H,3,5,7-9,13H2. The van der Waals surface area contributed by atoms with Crippen molar-refractivity contribution in [2.75, 3.05) is 6.61 Å². The van der Waals surface area contributed by atoms with E-state index in [9.17, 15) is 0 Å². The molecule has 4 nitrogen and oxygen atoms in total. The summed E-state index contributed by atoms with van der Waals surface area (Å²) >= 11 is 0. The molecule has 2 heterocycles. The van der Waals surface area contributed by atoms with Crippen molar-refractivity contribution in [3.63, 3.8) is 0 Å². The minimum absolute atomic E-state index is 0.248. The Balaban J connectivity index is 1.85. The molecule has 88 valence electrons. The Morgan fingerprint density at radius 1 is 1.56 bits per heavy atom. The molecule has 2 atom stereocenters. The van der Waals surface area contributed by atoms with Crippen LogP contribution in [0.25, 0.3) is 0 Å². The van der Waals surface area contributed by atoms with Gasteiger partial charge in [0.15, 0.2) is 0 Å². The van der Waals surface area contributed by atoms with Crippen molar-refractivity contribution >= 4 is 0 Å². The van der Waals surface area contributed by atoms with Gasteiger partial charge in [0.1, 0.15) is 0 Å². The SMILES string of the molecule is NNC(Cc1ccccn1)CC1CCCO1. The number of nitrogens with two attached hydrogens (primary N) is 1. The Labute approximate surface area is 96.2 Å². The molecule has 1 aliphatic heterocycles. The van der Waals surface area contributed by atoms with Crippen molar-refractivity contribution in [1.82, 2.24) is 10.4 Å². The van der Waals surface area contributed by atoms with Crippen LogP contribution in [0.5, 0.6) is 0 Å². The first-order chi connectivity index (χ1) is 7.88. The summed E-state index contributed by atoms with van der Waals surface area (Å²) in [7, 11) is 0. The summed E-state index contributed by atoms with van der Waals surface area (Å²) in [6.45, 7) is 0.894. The highest BCUT2D eigenvalue weighted by Gasteiger charge is 2.20. The molecule has 3 N–H and O–H groups in total. The van der Waals surface area contributed by atoms with Gasteiger partial charge in [-0.15, -0.1) is 0 Å². The number of hydrogen-bond acceptors (Lipinski definition) is 4. The van der Waals surface area contributed by atoms with E-state index in [-0.39, 0.29) is 6.04 Å². The molecule has 2 unspecified atom stereocenters. The highest BCUT2D eigenvalue weighted by atomic mass is 16.5. The summed E-state index contributed by atoms with van der Waals surface area (Å²) in [6.07, 6.45) is 6.33. The van der Waals surface area contributed by atoms with E-state index >= 15 is 0 Å². The van der Waals surface area contributed by atoms with Gasteiger partial charge in [-0.25, -0.2) is 0 Å².